The number of hydrogen-bond acceptors (Lipinski definition) is 3. The van der Waals surface area contributed by atoms with Gasteiger partial charge in [-0.2, -0.15) is 0 Å². The lowest BCUT2D eigenvalue weighted by Crippen LogP contribution is -2.44. The van der Waals surface area contributed by atoms with Crippen LogP contribution in [0.4, 0.5) is 0 Å². The number of carboxylic acid groups (broad SMARTS) is 1. The average Bonchev–Trinajstić information content (AvgIpc) is 2.45. The van der Waals surface area contributed by atoms with Gasteiger partial charge in [0, 0.05) is 19.1 Å². The maximum atomic E-state index is 11.1. The minimum Gasteiger partial charge on any atom is -0.497 e. The van der Waals surface area contributed by atoms with E-state index in [1.807, 2.05) is 6.07 Å². The maximum absolute atomic E-state index is 11.1. The Morgan fingerprint density at radius 3 is 3.00 bits per heavy atom. The van der Waals surface area contributed by atoms with Gasteiger partial charge in [-0.15, -0.1) is 0 Å². The highest BCUT2D eigenvalue weighted by molar-refractivity contribution is 5.70. The van der Waals surface area contributed by atoms with Crippen molar-refractivity contribution in [2.24, 2.45) is 5.92 Å². The van der Waals surface area contributed by atoms with Gasteiger partial charge in [-0.25, -0.2) is 0 Å². The summed E-state index contributed by atoms with van der Waals surface area (Å²) in [5, 5.41) is 9.15. The van der Waals surface area contributed by atoms with Crippen molar-refractivity contribution >= 4 is 5.97 Å². The van der Waals surface area contributed by atoms with E-state index < -0.39 is 5.97 Å². The summed E-state index contributed by atoms with van der Waals surface area (Å²) >= 11 is 0. The van der Waals surface area contributed by atoms with E-state index in [-0.39, 0.29) is 5.92 Å². The van der Waals surface area contributed by atoms with Crippen LogP contribution >= 0.6 is 0 Å². The standard InChI is InChI=1S/C15H19NO3/c1-19-12-3-4-13-10(8-12)6-7-16-9-11(15(17)18)2-5-14(13)16/h3-4,8,11,14H,2,5-7,9H2,1H3,(H,17,18)/t11-,14+/m0/s1. The predicted octanol–water partition coefficient (Wildman–Crippen LogP) is 2.09. The van der Waals surface area contributed by atoms with Gasteiger partial charge in [0.05, 0.1) is 13.0 Å². The third-order valence-corrected chi connectivity index (χ3v) is 4.41. The fourth-order valence-electron chi connectivity index (χ4n) is 3.36. The number of benzene rings is 1. The molecule has 2 heterocycles. The quantitative estimate of drug-likeness (QED) is 0.885. The van der Waals surface area contributed by atoms with Gasteiger partial charge in [0.25, 0.3) is 0 Å². The molecular weight excluding hydrogens is 242 g/mol. The third-order valence-electron chi connectivity index (χ3n) is 4.41. The van der Waals surface area contributed by atoms with Crippen molar-refractivity contribution in [3.8, 4) is 5.75 Å². The van der Waals surface area contributed by atoms with Crippen LogP contribution in [0.2, 0.25) is 0 Å². The Balaban J connectivity index is 1.85. The highest BCUT2D eigenvalue weighted by Gasteiger charge is 2.35. The van der Waals surface area contributed by atoms with Gasteiger partial charge < -0.3 is 9.84 Å². The Hall–Kier alpha value is -1.55. The number of hydrogen-bond donors (Lipinski definition) is 1. The van der Waals surface area contributed by atoms with Crippen LogP contribution < -0.4 is 4.74 Å². The van der Waals surface area contributed by atoms with E-state index in [1.165, 1.54) is 11.1 Å². The number of methoxy groups -OCH3 is 1. The first-order valence-corrected chi connectivity index (χ1v) is 6.82. The largest absolute Gasteiger partial charge is 0.497 e. The van der Waals surface area contributed by atoms with E-state index in [0.29, 0.717) is 12.6 Å². The molecule has 0 aliphatic carbocycles. The van der Waals surface area contributed by atoms with Crippen LogP contribution in [-0.4, -0.2) is 36.2 Å². The molecule has 102 valence electrons. The molecule has 0 unspecified atom stereocenters. The molecule has 0 radical (unpaired) electrons. The van der Waals surface area contributed by atoms with Crippen molar-refractivity contribution < 1.29 is 14.6 Å². The van der Waals surface area contributed by atoms with Crippen molar-refractivity contribution in [1.29, 1.82) is 0 Å². The van der Waals surface area contributed by atoms with Crippen molar-refractivity contribution in [2.75, 3.05) is 20.2 Å². The second-order valence-electron chi connectivity index (χ2n) is 5.44. The molecule has 19 heavy (non-hydrogen) atoms. The number of aliphatic carboxylic acids is 1. The number of carbonyl (C=O) groups is 1. The molecule has 0 saturated carbocycles. The molecule has 1 aromatic rings. The lowest BCUT2D eigenvalue weighted by molar-refractivity contribution is -0.144. The van der Waals surface area contributed by atoms with Gasteiger partial charge >= 0.3 is 5.97 Å². The molecule has 2 atom stereocenters. The molecule has 0 amide bonds. The predicted molar refractivity (Wildman–Crippen MR) is 71.4 cm³/mol. The lowest BCUT2D eigenvalue weighted by atomic mass is 9.83. The molecule has 3 rings (SSSR count). The van der Waals surface area contributed by atoms with Crippen LogP contribution in [0.5, 0.6) is 5.75 Å². The zero-order valence-electron chi connectivity index (χ0n) is 11.1. The molecule has 4 heteroatoms. The first-order valence-electron chi connectivity index (χ1n) is 6.82. The number of nitrogens with zero attached hydrogens (tertiary/aromatic N) is 1. The molecule has 4 nitrogen and oxygen atoms in total. The van der Waals surface area contributed by atoms with Gasteiger partial charge in [0.1, 0.15) is 5.75 Å². The van der Waals surface area contributed by atoms with Crippen molar-refractivity contribution in [1.82, 2.24) is 4.90 Å². The topological polar surface area (TPSA) is 49.8 Å². The molecule has 0 aromatic heterocycles. The first-order chi connectivity index (χ1) is 9.19. The van der Waals surface area contributed by atoms with Gasteiger partial charge in [-0.1, -0.05) is 6.07 Å². The highest BCUT2D eigenvalue weighted by Crippen LogP contribution is 2.39. The Bertz CT molecular complexity index is 500. The SMILES string of the molecule is COc1ccc2c(c1)CCN1C[C@@H](C(=O)O)CC[C@H]21. The van der Waals surface area contributed by atoms with Crippen LogP contribution in [0.1, 0.15) is 30.0 Å². The van der Waals surface area contributed by atoms with Crippen LogP contribution in [0.25, 0.3) is 0 Å². The van der Waals surface area contributed by atoms with Crippen LogP contribution in [0.15, 0.2) is 18.2 Å². The van der Waals surface area contributed by atoms with Gasteiger partial charge in [0.15, 0.2) is 0 Å². The van der Waals surface area contributed by atoms with Crippen LogP contribution in [0, 0.1) is 5.92 Å². The highest BCUT2D eigenvalue weighted by atomic mass is 16.5. The molecule has 2 aliphatic heterocycles. The van der Waals surface area contributed by atoms with E-state index in [4.69, 9.17) is 9.84 Å². The zero-order chi connectivity index (χ0) is 13.4. The Kier molecular flexibility index (Phi) is 3.19. The third kappa shape index (κ3) is 2.21. The van der Waals surface area contributed by atoms with Crippen molar-refractivity contribution in [2.45, 2.75) is 25.3 Å². The summed E-state index contributed by atoms with van der Waals surface area (Å²) < 4.78 is 5.27. The monoisotopic (exact) mass is 261 g/mol. The lowest BCUT2D eigenvalue weighted by Gasteiger charge is -2.42. The Morgan fingerprint density at radius 2 is 2.26 bits per heavy atom. The summed E-state index contributed by atoms with van der Waals surface area (Å²) in [7, 11) is 1.69. The second kappa shape index (κ2) is 4.85. The fraction of sp³-hybridized carbons (Fsp3) is 0.533. The van der Waals surface area contributed by atoms with Gasteiger partial charge in [-0.05, 0) is 42.5 Å². The van der Waals surface area contributed by atoms with E-state index in [0.717, 1.165) is 31.6 Å². The summed E-state index contributed by atoms with van der Waals surface area (Å²) in [4.78, 5) is 13.4. The Labute approximate surface area is 113 Å². The zero-order valence-corrected chi connectivity index (χ0v) is 11.1. The van der Waals surface area contributed by atoms with Gasteiger partial charge in [-0.3, -0.25) is 9.69 Å². The van der Waals surface area contributed by atoms with E-state index in [2.05, 4.69) is 17.0 Å². The van der Waals surface area contributed by atoms with Crippen molar-refractivity contribution in [3.63, 3.8) is 0 Å². The molecule has 0 spiro atoms. The molecule has 2 aliphatic rings. The summed E-state index contributed by atoms with van der Waals surface area (Å²) in [6.07, 6.45) is 2.70. The minimum atomic E-state index is -0.654. The number of rotatable bonds is 2. The number of fused-ring (bicyclic) bond motifs is 3. The molecule has 1 N–H and O–H groups in total. The molecule has 1 aromatic carbocycles. The van der Waals surface area contributed by atoms with Crippen LogP contribution in [0.3, 0.4) is 0 Å². The molecule has 0 bridgehead atoms. The normalized spacial score (nSPS) is 26.4. The maximum Gasteiger partial charge on any atom is 0.307 e. The molecule has 1 saturated heterocycles. The summed E-state index contributed by atoms with van der Waals surface area (Å²) in [6, 6.07) is 6.67. The second-order valence-corrected chi connectivity index (χ2v) is 5.44. The van der Waals surface area contributed by atoms with E-state index in [9.17, 15) is 4.79 Å². The van der Waals surface area contributed by atoms with Crippen LogP contribution in [-0.2, 0) is 11.2 Å². The van der Waals surface area contributed by atoms with E-state index >= 15 is 0 Å². The summed E-state index contributed by atoms with van der Waals surface area (Å²) in [5.41, 5.74) is 2.71. The molecular formula is C15H19NO3. The fourth-order valence-corrected chi connectivity index (χ4v) is 3.36. The minimum absolute atomic E-state index is 0.198. The van der Waals surface area contributed by atoms with E-state index in [1.54, 1.807) is 7.11 Å². The average molecular weight is 261 g/mol. The Morgan fingerprint density at radius 1 is 1.42 bits per heavy atom. The number of piperidine rings is 1. The van der Waals surface area contributed by atoms with Gasteiger partial charge in [0.2, 0.25) is 0 Å². The molecule has 1 fully saturated rings. The smallest absolute Gasteiger partial charge is 0.307 e. The first kappa shape index (κ1) is 12.5. The van der Waals surface area contributed by atoms with Crippen molar-refractivity contribution in [3.05, 3.63) is 29.3 Å². The summed E-state index contributed by atoms with van der Waals surface area (Å²) in [6.45, 7) is 1.64. The number of carboxylic acids is 1. The number of ether oxygens (including phenoxy) is 1. The summed E-state index contributed by atoms with van der Waals surface area (Å²) in [5.74, 6) is 0.0569.